The van der Waals surface area contributed by atoms with Crippen molar-refractivity contribution in [2.75, 3.05) is 32.6 Å². The van der Waals surface area contributed by atoms with Crippen LogP contribution >= 0.6 is 0 Å². The van der Waals surface area contributed by atoms with Crippen LogP contribution in [-0.2, 0) is 11.3 Å². The minimum atomic E-state index is 0.0269. The molecule has 0 radical (unpaired) electrons. The highest BCUT2D eigenvalue weighted by Gasteiger charge is 2.09. The predicted octanol–water partition coefficient (Wildman–Crippen LogP) is 0.726. The third-order valence-electron chi connectivity index (χ3n) is 2.88. The third kappa shape index (κ3) is 3.63. The molecule has 0 aliphatic heterocycles. The average molecular weight is 251 g/mol. The fourth-order valence-corrected chi connectivity index (χ4v) is 1.71. The van der Waals surface area contributed by atoms with Crippen molar-refractivity contribution >= 4 is 11.6 Å². The topological polar surface area (TPSA) is 67.6 Å². The summed E-state index contributed by atoms with van der Waals surface area (Å²) in [5.41, 5.74) is 7.75. The number of benzene rings is 1. The van der Waals surface area contributed by atoms with Gasteiger partial charge in [0.05, 0.1) is 7.11 Å². The fraction of sp³-hybridized carbons (Fsp3) is 0.462. The molecule has 1 aromatic carbocycles. The number of nitrogens with one attached hydrogen (secondary N) is 1. The summed E-state index contributed by atoms with van der Waals surface area (Å²) in [5.74, 6) is 0.813. The lowest BCUT2D eigenvalue weighted by Gasteiger charge is -2.22. The Kier molecular flexibility index (Phi) is 5.45. The van der Waals surface area contributed by atoms with Gasteiger partial charge in [-0.2, -0.15) is 0 Å². The second kappa shape index (κ2) is 6.86. The van der Waals surface area contributed by atoms with Crippen molar-refractivity contribution in [2.24, 2.45) is 5.73 Å². The molecular weight excluding hydrogens is 230 g/mol. The Morgan fingerprint density at radius 3 is 2.78 bits per heavy atom. The lowest BCUT2D eigenvalue weighted by Crippen LogP contribution is -2.27. The van der Waals surface area contributed by atoms with Gasteiger partial charge in [0.2, 0.25) is 5.91 Å². The van der Waals surface area contributed by atoms with Gasteiger partial charge in [-0.1, -0.05) is 6.07 Å². The molecule has 1 aromatic rings. The lowest BCUT2D eigenvalue weighted by molar-refractivity contribution is -0.120. The van der Waals surface area contributed by atoms with Crippen molar-refractivity contribution in [2.45, 2.75) is 13.0 Å². The molecule has 0 atom stereocenters. The first kappa shape index (κ1) is 14.3. The van der Waals surface area contributed by atoms with Crippen LogP contribution < -0.4 is 20.7 Å². The number of nitrogens with zero attached hydrogens (tertiary/aromatic N) is 1. The lowest BCUT2D eigenvalue weighted by atomic mass is 10.1. The van der Waals surface area contributed by atoms with E-state index in [0.29, 0.717) is 19.5 Å². The third-order valence-corrected chi connectivity index (χ3v) is 2.88. The predicted molar refractivity (Wildman–Crippen MR) is 72.8 cm³/mol. The van der Waals surface area contributed by atoms with E-state index < -0.39 is 0 Å². The first-order valence-corrected chi connectivity index (χ1v) is 5.91. The van der Waals surface area contributed by atoms with Crippen molar-refractivity contribution < 1.29 is 9.53 Å². The van der Waals surface area contributed by atoms with Gasteiger partial charge >= 0.3 is 0 Å². The second-order valence-electron chi connectivity index (χ2n) is 4.04. The molecule has 0 saturated carbocycles. The molecule has 0 aliphatic rings. The molecule has 0 fully saturated rings. The zero-order chi connectivity index (χ0) is 13.5. The summed E-state index contributed by atoms with van der Waals surface area (Å²) in [6, 6.07) is 5.77. The Morgan fingerprint density at radius 1 is 1.50 bits per heavy atom. The van der Waals surface area contributed by atoms with Crippen molar-refractivity contribution in [1.29, 1.82) is 0 Å². The smallest absolute Gasteiger partial charge is 0.221 e. The van der Waals surface area contributed by atoms with Crippen molar-refractivity contribution in [1.82, 2.24) is 5.32 Å². The van der Waals surface area contributed by atoms with Gasteiger partial charge in [-0.15, -0.1) is 0 Å². The zero-order valence-electron chi connectivity index (χ0n) is 11.2. The Bertz CT molecular complexity index is 407. The molecule has 1 rings (SSSR count). The number of rotatable bonds is 6. The second-order valence-corrected chi connectivity index (χ2v) is 4.04. The van der Waals surface area contributed by atoms with E-state index in [1.165, 1.54) is 0 Å². The quantitative estimate of drug-likeness (QED) is 0.782. The first-order valence-electron chi connectivity index (χ1n) is 5.91. The maximum atomic E-state index is 11.2. The number of hydrogen-bond acceptors (Lipinski definition) is 4. The van der Waals surface area contributed by atoms with Crippen molar-refractivity contribution in [3.05, 3.63) is 23.8 Å². The molecular formula is C13H21N3O2. The summed E-state index contributed by atoms with van der Waals surface area (Å²) in [7, 11) is 5.21. The molecule has 0 saturated heterocycles. The number of methoxy groups -OCH3 is 1. The molecule has 5 heteroatoms. The van der Waals surface area contributed by atoms with Gasteiger partial charge in [0.1, 0.15) is 5.75 Å². The van der Waals surface area contributed by atoms with Crippen LogP contribution in [0.4, 0.5) is 5.69 Å². The van der Waals surface area contributed by atoms with Gasteiger partial charge < -0.3 is 20.7 Å². The number of carbonyl (C=O) groups excluding carboxylic acids is 1. The van der Waals surface area contributed by atoms with Crippen molar-refractivity contribution in [3.63, 3.8) is 0 Å². The van der Waals surface area contributed by atoms with Crippen LogP contribution in [0.5, 0.6) is 5.75 Å². The molecule has 0 spiro atoms. The summed E-state index contributed by atoms with van der Waals surface area (Å²) in [6.07, 6.45) is 0.453. The summed E-state index contributed by atoms with van der Waals surface area (Å²) in [5, 5.41) is 2.61. The van der Waals surface area contributed by atoms with Crippen LogP contribution in [0.3, 0.4) is 0 Å². The fourth-order valence-electron chi connectivity index (χ4n) is 1.71. The van der Waals surface area contributed by atoms with Gasteiger partial charge in [0, 0.05) is 45.4 Å². The molecule has 0 bridgehead atoms. The van der Waals surface area contributed by atoms with Gasteiger partial charge in [0.25, 0.3) is 0 Å². The van der Waals surface area contributed by atoms with Gasteiger partial charge in [0.15, 0.2) is 0 Å². The number of carbonyl (C=O) groups is 1. The molecule has 5 nitrogen and oxygen atoms in total. The van der Waals surface area contributed by atoms with Crippen LogP contribution in [0.2, 0.25) is 0 Å². The largest absolute Gasteiger partial charge is 0.497 e. The highest BCUT2D eigenvalue weighted by molar-refractivity contribution is 5.76. The van der Waals surface area contributed by atoms with E-state index >= 15 is 0 Å². The molecule has 0 aromatic heterocycles. The molecule has 18 heavy (non-hydrogen) atoms. The van der Waals surface area contributed by atoms with E-state index in [0.717, 1.165) is 17.0 Å². The van der Waals surface area contributed by atoms with Crippen LogP contribution in [0.25, 0.3) is 0 Å². The van der Waals surface area contributed by atoms with Gasteiger partial charge in [-0.25, -0.2) is 0 Å². The van der Waals surface area contributed by atoms with E-state index in [4.69, 9.17) is 10.5 Å². The van der Waals surface area contributed by atoms with E-state index in [1.54, 1.807) is 14.2 Å². The van der Waals surface area contributed by atoms with E-state index in [9.17, 15) is 4.79 Å². The highest BCUT2D eigenvalue weighted by Crippen LogP contribution is 2.25. The maximum absolute atomic E-state index is 11.2. The summed E-state index contributed by atoms with van der Waals surface area (Å²) in [4.78, 5) is 13.3. The zero-order valence-corrected chi connectivity index (χ0v) is 11.2. The minimum absolute atomic E-state index is 0.0269. The standard InChI is InChI=1S/C13H21N3O2/c1-15-13(17)6-7-16(2)12-8-11(18-3)5-4-10(12)9-14/h4-5,8H,6-7,9,14H2,1-3H3,(H,15,17). The van der Waals surface area contributed by atoms with E-state index in [1.807, 2.05) is 30.1 Å². The monoisotopic (exact) mass is 251 g/mol. The summed E-state index contributed by atoms with van der Waals surface area (Å²) >= 11 is 0. The van der Waals surface area contributed by atoms with E-state index in [2.05, 4.69) is 5.32 Å². The van der Waals surface area contributed by atoms with Gasteiger partial charge in [-0.05, 0) is 11.6 Å². The Morgan fingerprint density at radius 2 is 2.22 bits per heavy atom. The Labute approximate surface area is 108 Å². The highest BCUT2D eigenvalue weighted by atomic mass is 16.5. The number of anilines is 1. The van der Waals surface area contributed by atoms with E-state index in [-0.39, 0.29) is 5.91 Å². The molecule has 100 valence electrons. The van der Waals surface area contributed by atoms with Crippen LogP contribution in [-0.4, -0.2) is 33.7 Å². The van der Waals surface area contributed by atoms with Crippen LogP contribution in [0, 0.1) is 0 Å². The number of hydrogen-bond donors (Lipinski definition) is 2. The van der Waals surface area contributed by atoms with Gasteiger partial charge in [-0.3, -0.25) is 4.79 Å². The normalized spacial score (nSPS) is 10.0. The van der Waals surface area contributed by atoms with Crippen LogP contribution in [0.15, 0.2) is 18.2 Å². The first-order chi connectivity index (χ1) is 8.62. The molecule has 3 N–H and O–H groups in total. The summed E-state index contributed by atoms with van der Waals surface area (Å²) < 4.78 is 5.20. The molecule has 1 amide bonds. The summed E-state index contributed by atoms with van der Waals surface area (Å²) in [6.45, 7) is 1.10. The molecule has 0 unspecified atom stereocenters. The minimum Gasteiger partial charge on any atom is -0.497 e. The number of ether oxygens (including phenoxy) is 1. The van der Waals surface area contributed by atoms with Crippen molar-refractivity contribution in [3.8, 4) is 5.75 Å². The molecule has 0 aliphatic carbocycles. The SMILES string of the molecule is CNC(=O)CCN(C)c1cc(OC)ccc1CN. The number of nitrogens with two attached hydrogens (primary N) is 1. The Balaban J connectivity index is 2.82. The molecule has 0 heterocycles. The van der Waals surface area contributed by atoms with Crippen LogP contribution in [0.1, 0.15) is 12.0 Å². The number of amides is 1. The average Bonchev–Trinajstić information content (AvgIpc) is 2.43. The maximum Gasteiger partial charge on any atom is 0.221 e. The Hall–Kier alpha value is -1.75.